The van der Waals surface area contributed by atoms with E-state index in [0.29, 0.717) is 12.1 Å². The van der Waals surface area contributed by atoms with E-state index in [-0.39, 0.29) is 5.41 Å². The molecule has 1 aromatic carbocycles. The van der Waals surface area contributed by atoms with E-state index >= 15 is 0 Å². The predicted octanol–water partition coefficient (Wildman–Crippen LogP) is 4.77. The predicted molar refractivity (Wildman–Crippen MR) is 101 cm³/mol. The highest BCUT2D eigenvalue weighted by Crippen LogP contribution is 2.32. The highest BCUT2D eigenvalue weighted by atomic mass is 35.5. The van der Waals surface area contributed by atoms with Crippen molar-refractivity contribution in [1.82, 2.24) is 4.90 Å². The van der Waals surface area contributed by atoms with Crippen LogP contribution in [0.5, 0.6) is 0 Å². The number of allylic oxidation sites excluding steroid dienone is 1. The first-order chi connectivity index (χ1) is 10.8. The van der Waals surface area contributed by atoms with Crippen molar-refractivity contribution in [3.63, 3.8) is 0 Å². The van der Waals surface area contributed by atoms with Crippen molar-refractivity contribution in [1.29, 1.82) is 0 Å². The fourth-order valence-corrected chi connectivity index (χ4v) is 3.60. The third-order valence-electron chi connectivity index (χ3n) is 4.91. The summed E-state index contributed by atoms with van der Waals surface area (Å²) >= 11 is 6.04. The van der Waals surface area contributed by atoms with Gasteiger partial charge < -0.3 is 5.73 Å². The van der Waals surface area contributed by atoms with Crippen LogP contribution < -0.4 is 5.73 Å². The summed E-state index contributed by atoms with van der Waals surface area (Å²) in [5.74, 6) is 0. The molecule has 1 atom stereocenters. The van der Waals surface area contributed by atoms with Crippen LogP contribution in [0.15, 0.2) is 35.9 Å². The number of piperidine rings is 1. The molecule has 1 aliphatic heterocycles. The summed E-state index contributed by atoms with van der Waals surface area (Å²) in [7, 11) is 0. The molecule has 1 aliphatic rings. The molecule has 0 saturated carbocycles. The summed E-state index contributed by atoms with van der Waals surface area (Å²) < 4.78 is 0. The lowest BCUT2D eigenvalue weighted by Gasteiger charge is -2.39. The Balaban J connectivity index is 2.16. The number of hydrogen-bond acceptors (Lipinski definition) is 2. The number of likely N-dealkylation sites (tertiary alicyclic amines) is 1. The van der Waals surface area contributed by atoms with Crippen LogP contribution in [0.3, 0.4) is 0 Å². The van der Waals surface area contributed by atoms with E-state index < -0.39 is 0 Å². The Morgan fingerprint density at radius 1 is 1.26 bits per heavy atom. The fourth-order valence-electron chi connectivity index (χ4n) is 3.47. The van der Waals surface area contributed by atoms with E-state index in [1.54, 1.807) is 0 Å². The number of hydrogen-bond donors (Lipinski definition) is 1. The molecule has 23 heavy (non-hydrogen) atoms. The van der Waals surface area contributed by atoms with E-state index in [9.17, 15) is 0 Å². The van der Waals surface area contributed by atoms with Gasteiger partial charge in [0.05, 0.1) is 0 Å². The van der Waals surface area contributed by atoms with Gasteiger partial charge in [0.25, 0.3) is 0 Å². The average Bonchev–Trinajstić information content (AvgIpc) is 2.47. The third kappa shape index (κ3) is 5.34. The van der Waals surface area contributed by atoms with E-state index in [1.807, 2.05) is 12.1 Å². The van der Waals surface area contributed by atoms with Gasteiger partial charge in [-0.25, -0.2) is 0 Å². The molecule has 1 unspecified atom stereocenters. The van der Waals surface area contributed by atoms with E-state index in [1.165, 1.54) is 11.1 Å². The highest BCUT2D eigenvalue weighted by Gasteiger charge is 2.29. The average molecular weight is 335 g/mol. The van der Waals surface area contributed by atoms with Gasteiger partial charge in [-0.15, -0.1) is 0 Å². The maximum Gasteiger partial charge on any atom is 0.0406 e. The molecule has 1 heterocycles. The lowest BCUT2D eigenvalue weighted by molar-refractivity contribution is 0.156. The molecule has 2 rings (SSSR count). The van der Waals surface area contributed by atoms with Gasteiger partial charge in [0.15, 0.2) is 0 Å². The molecule has 0 spiro atoms. The largest absolute Gasteiger partial charge is 0.328 e. The SMILES string of the molecule is CC(C)=CC(CC(C)(C)c1ccc(Cl)cc1)N1CCC(N)CC1. The summed E-state index contributed by atoms with van der Waals surface area (Å²) in [6.07, 6.45) is 5.74. The minimum atomic E-state index is 0.112. The minimum absolute atomic E-state index is 0.112. The second kappa shape index (κ2) is 7.83. The Kier molecular flexibility index (Phi) is 6.30. The van der Waals surface area contributed by atoms with Crippen molar-refractivity contribution in [2.45, 2.75) is 64.5 Å². The van der Waals surface area contributed by atoms with Crippen LogP contribution in [0.2, 0.25) is 5.02 Å². The first-order valence-electron chi connectivity index (χ1n) is 8.68. The molecule has 128 valence electrons. The number of rotatable bonds is 5. The van der Waals surface area contributed by atoms with Gasteiger partial charge in [-0.05, 0) is 56.2 Å². The Hall–Kier alpha value is -0.830. The Labute approximate surface area is 146 Å². The van der Waals surface area contributed by atoms with E-state index in [2.05, 4.69) is 50.8 Å². The van der Waals surface area contributed by atoms with Crippen LogP contribution in [0, 0.1) is 0 Å². The van der Waals surface area contributed by atoms with Crippen LogP contribution in [0.4, 0.5) is 0 Å². The maximum absolute atomic E-state index is 6.08. The zero-order valence-electron chi connectivity index (χ0n) is 15.0. The molecule has 0 radical (unpaired) electrons. The molecule has 0 aliphatic carbocycles. The van der Waals surface area contributed by atoms with Crippen LogP contribution in [0.1, 0.15) is 52.5 Å². The molecule has 2 nitrogen and oxygen atoms in total. The van der Waals surface area contributed by atoms with E-state index in [0.717, 1.165) is 37.4 Å². The van der Waals surface area contributed by atoms with Crippen molar-refractivity contribution in [3.8, 4) is 0 Å². The first-order valence-corrected chi connectivity index (χ1v) is 9.06. The standard InChI is InChI=1S/C20H31ClN2/c1-15(2)13-19(23-11-9-18(22)10-12-23)14-20(3,4)16-5-7-17(21)8-6-16/h5-8,13,18-19H,9-12,14,22H2,1-4H3. The van der Waals surface area contributed by atoms with Crippen LogP contribution in [-0.4, -0.2) is 30.1 Å². The number of benzene rings is 1. The zero-order chi connectivity index (χ0) is 17.0. The topological polar surface area (TPSA) is 29.3 Å². The van der Waals surface area contributed by atoms with Crippen molar-refractivity contribution >= 4 is 11.6 Å². The Morgan fingerprint density at radius 3 is 2.35 bits per heavy atom. The summed E-state index contributed by atoms with van der Waals surface area (Å²) in [6.45, 7) is 11.3. The Morgan fingerprint density at radius 2 is 1.83 bits per heavy atom. The van der Waals surface area contributed by atoms with Crippen LogP contribution >= 0.6 is 11.6 Å². The molecule has 1 aromatic rings. The minimum Gasteiger partial charge on any atom is -0.328 e. The fraction of sp³-hybridized carbons (Fsp3) is 0.600. The summed E-state index contributed by atoms with van der Waals surface area (Å²) in [5, 5.41) is 0.801. The number of nitrogens with two attached hydrogens (primary N) is 1. The van der Waals surface area contributed by atoms with Crippen molar-refractivity contribution in [3.05, 3.63) is 46.5 Å². The highest BCUT2D eigenvalue weighted by molar-refractivity contribution is 6.30. The normalized spacial score (nSPS) is 18.7. The number of nitrogens with zero attached hydrogens (tertiary/aromatic N) is 1. The molecule has 2 N–H and O–H groups in total. The van der Waals surface area contributed by atoms with E-state index in [4.69, 9.17) is 17.3 Å². The quantitative estimate of drug-likeness (QED) is 0.786. The lowest BCUT2D eigenvalue weighted by Crippen LogP contribution is -2.46. The molecule has 1 fully saturated rings. The maximum atomic E-state index is 6.08. The molecular formula is C20H31ClN2. The molecule has 0 bridgehead atoms. The molecule has 1 saturated heterocycles. The van der Waals surface area contributed by atoms with Gasteiger partial charge in [0.1, 0.15) is 0 Å². The van der Waals surface area contributed by atoms with Crippen molar-refractivity contribution in [2.24, 2.45) is 5.73 Å². The summed E-state index contributed by atoms with van der Waals surface area (Å²) in [4.78, 5) is 2.61. The Bertz CT molecular complexity index is 521. The summed E-state index contributed by atoms with van der Waals surface area (Å²) in [6, 6.07) is 9.16. The van der Waals surface area contributed by atoms with Gasteiger partial charge >= 0.3 is 0 Å². The van der Waals surface area contributed by atoms with Crippen molar-refractivity contribution < 1.29 is 0 Å². The second-order valence-electron chi connectivity index (χ2n) is 7.78. The van der Waals surface area contributed by atoms with Crippen LogP contribution in [0.25, 0.3) is 0 Å². The lowest BCUT2D eigenvalue weighted by atomic mass is 9.78. The van der Waals surface area contributed by atoms with Crippen molar-refractivity contribution in [2.75, 3.05) is 13.1 Å². The molecule has 0 amide bonds. The molecular weight excluding hydrogens is 304 g/mol. The van der Waals surface area contributed by atoms with Gasteiger partial charge in [-0.1, -0.05) is 49.2 Å². The zero-order valence-corrected chi connectivity index (χ0v) is 15.7. The first kappa shape index (κ1) is 18.5. The van der Waals surface area contributed by atoms with Gasteiger partial charge in [-0.3, -0.25) is 4.90 Å². The van der Waals surface area contributed by atoms with Gasteiger partial charge in [0.2, 0.25) is 0 Å². The number of halogens is 1. The monoisotopic (exact) mass is 334 g/mol. The third-order valence-corrected chi connectivity index (χ3v) is 5.17. The molecule has 3 heteroatoms. The van der Waals surface area contributed by atoms with Gasteiger partial charge in [0, 0.05) is 30.2 Å². The summed E-state index contributed by atoms with van der Waals surface area (Å²) in [5.41, 5.74) is 8.92. The second-order valence-corrected chi connectivity index (χ2v) is 8.22. The molecule has 0 aromatic heterocycles. The smallest absolute Gasteiger partial charge is 0.0406 e. The van der Waals surface area contributed by atoms with Gasteiger partial charge in [-0.2, -0.15) is 0 Å². The van der Waals surface area contributed by atoms with Crippen LogP contribution in [-0.2, 0) is 5.41 Å².